The molecular formula is C13H15N3O2S2. The number of aromatic nitrogens is 2. The van der Waals surface area contributed by atoms with Gasteiger partial charge in [0.05, 0.1) is 10.9 Å². The summed E-state index contributed by atoms with van der Waals surface area (Å²) in [5.74, 6) is 3.50. The van der Waals surface area contributed by atoms with Crippen LogP contribution in [0.3, 0.4) is 0 Å². The molecule has 2 atom stereocenters. The fraction of sp³-hybridized carbons (Fsp3) is 0.385. The molecule has 2 heterocycles. The van der Waals surface area contributed by atoms with Crippen LogP contribution in [0.5, 0.6) is 5.75 Å². The molecule has 0 saturated carbocycles. The molecule has 0 radical (unpaired) electrons. The van der Waals surface area contributed by atoms with Crippen LogP contribution >= 0.6 is 23.5 Å². The highest BCUT2D eigenvalue weighted by Gasteiger charge is 2.28. The zero-order valence-corrected chi connectivity index (χ0v) is 12.6. The lowest BCUT2D eigenvalue weighted by Crippen LogP contribution is -2.16. The van der Waals surface area contributed by atoms with E-state index in [-0.39, 0.29) is 11.0 Å². The molecule has 2 aromatic rings. The Bertz CT molecular complexity index is 617. The van der Waals surface area contributed by atoms with Crippen LogP contribution in [0.1, 0.15) is 18.0 Å². The molecule has 7 heteroatoms. The van der Waals surface area contributed by atoms with Gasteiger partial charge in [-0.15, -0.1) is 11.8 Å². The van der Waals surface area contributed by atoms with Gasteiger partial charge in [0, 0.05) is 22.3 Å². The molecule has 20 heavy (non-hydrogen) atoms. The lowest BCUT2D eigenvalue weighted by molar-refractivity contribution is 0.421. The van der Waals surface area contributed by atoms with E-state index >= 15 is 0 Å². The van der Waals surface area contributed by atoms with E-state index in [1.807, 2.05) is 23.5 Å². The molecule has 1 aliphatic rings. The van der Waals surface area contributed by atoms with Crippen LogP contribution in [0, 0.1) is 0 Å². The Hall–Kier alpha value is -1.34. The molecule has 0 spiro atoms. The second-order valence-electron chi connectivity index (χ2n) is 4.60. The van der Waals surface area contributed by atoms with E-state index in [0.29, 0.717) is 16.8 Å². The van der Waals surface area contributed by atoms with Crippen LogP contribution in [0.15, 0.2) is 22.7 Å². The zero-order chi connectivity index (χ0) is 14.1. The smallest absolute Gasteiger partial charge is 0.258 e. The van der Waals surface area contributed by atoms with Crippen LogP contribution < -0.4 is 5.73 Å². The maximum absolute atomic E-state index is 9.44. The minimum atomic E-state index is 0.0568. The van der Waals surface area contributed by atoms with Crippen molar-refractivity contribution in [3.63, 3.8) is 0 Å². The van der Waals surface area contributed by atoms with Gasteiger partial charge in [0.2, 0.25) is 0 Å². The van der Waals surface area contributed by atoms with Gasteiger partial charge in [-0.25, -0.2) is 0 Å². The first-order valence-corrected chi connectivity index (χ1v) is 8.40. The summed E-state index contributed by atoms with van der Waals surface area (Å²) in [5, 5.41) is 14.3. The van der Waals surface area contributed by atoms with Crippen molar-refractivity contribution in [1.29, 1.82) is 0 Å². The third-order valence-electron chi connectivity index (χ3n) is 3.16. The van der Waals surface area contributed by atoms with E-state index in [9.17, 15) is 5.11 Å². The molecule has 1 aromatic heterocycles. The van der Waals surface area contributed by atoms with Crippen molar-refractivity contribution >= 4 is 29.2 Å². The van der Waals surface area contributed by atoms with Crippen LogP contribution in [0.2, 0.25) is 0 Å². The summed E-state index contributed by atoms with van der Waals surface area (Å²) >= 11 is 3.80. The van der Waals surface area contributed by atoms with E-state index in [4.69, 9.17) is 10.3 Å². The fourth-order valence-electron chi connectivity index (χ4n) is 2.07. The summed E-state index contributed by atoms with van der Waals surface area (Å²) in [6, 6.07) is 4.89. The molecule has 3 N–H and O–H groups in total. The van der Waals surface area contributed by atoms with Gasteiger partial charge in [-0.05, 0) is 18.2 Å². The van der Waals surface area contributed by atoms with Crippen LogP contribution in [0.25, 0.3) is 11.5 Å². The Morgan fingerprint density at radius 3 is 2.90 bits per heavy atom. The number of anilines is 1. The lowest BCUT2D eigenvalue weighted by atomic mass is 10.2. The lowest BCUT2D eigenvalue weighted by Gasteiger charge is -2.24. The third-order valence-corrected chi connectivity index (χ3v) is 6.25. The SMILES string of the molecule is CC1SCCSC1c1noc(-c2ccc(O)c(N)c2)n1. The minimum Gasteiger partial charge on any atom is -0.506 e. The number of nitrogens with two attached hydrogens (primary N) is 1. The second kappa shape index (κ2) is 5.57. The van der Waals surface area contributed by atoms with Crippen molar-refractivity contribution in [1.82, 2.24) is 10.1 Å². The average molecular weight is 309 g/mol. The van der Waals surface area contributed by atoms with Gasteiger partial charge in [0.1, 0.15) is 5.75 Å². The molecule has 1 saturated heterocycles. The maximum atomic E-state index is 9.44. The second-order valence-corrected chi connectivity index (χ2v) is 7.33. The fourth-order valence-corrected chi connectivity index (χ4v) is 4.75. The topological polar surface area (TPSA) is 85.2 Å². The Morgan fingerprint density at radius 1 is 1.35 bits per heavy atom. The zero-order valence-electron chi connectivity index (χ0n) is 10.9. The number of hydrogen-bond donors (Lipinski definition) is 2. The van der Waals surface area contributed by atoms with E-state index in [2.05, 4.69) is 17.1 Å². The normalized spacial score (nSPS) is 22.9. The highest BCUT2D eigenvalue weighted by Crippen LogP contribution is 2.41. The van der Waals surface area contributed by atoms with Gasteiger partial charge in [-0.1, -0.05) is 12.1 Å². The standard InChI is InChI=1S/C13H15N3O2S2/c1-7-11(20-5-4-19-7)12-15-13(18-16-12)8-2-3-10(17)9(14)6-8/h2-3,6-7,11,17H,4-5,14H2,1H3. The van der Waals surface area contributed by atoms with Crippen LogP contribution in [-0.4, -0.2) is 32.0 Å². The molecular weight excluding hydrogens is 294 g/mol. The summed E-state index contributed by atoms with van der Waals surface area (Å²) in [6.45, 7) is 2.19. The highest BCUT2D eigenvalue weighted by molar-refractivity contribution is 8.06. The Morgan fingerprint density at radius 2 is 2.15 bits per heavy atom. The Labute approximate surface area is 125 Å². The quantitative estimate of drug-likeness (QED) is 0.651. The van der Waals surface area contributed by atoms with Gasteiger partial charge < -0.3 is 15.4 Å². The summed E-state index contributed by atoms with van der Waals surface area (Å²) in [6.07, 6.45) is 0. The van der Waals surface area contributed by atoms with Crippen molar-refractivity contribution in [2.45, 2.75) is 17.4 Å². The molecule has 106 valence electrons. The molecule has 0 aliphatic carbocycles. The van der Waals surface area contributed by atoms with E-state index in [1.165, 1.54) is 11.8 Å². The van der Waals surface area contributed by atoms with E-state index < -0.39 is 0 Å². The summed E-state index contributed by atoms with van der Waals surface area (Å²) in [7, 11) is 0. The largest absolute Gasteiger partial charge is 0.506 e. The first-order chi connectivity index (χ1) is 9.65. The molecule has 3 rings (SSSR count). The van der Waals surface area contributed by atoms with Gasteiger partial charge in [-0.3, -0.25) is 0 Å². The van der Waals surface area contributed by atoms with E-state index in [0.717, 1.165) is 17.1 Å². The molecule has 0 bridgehead atoms. The number of phenols is 1. The number of rotatable bonds is 2. The highest BCUT2D eigenvalue weighted by atomic mass is 32.2. The van der Waals surface area contributed by atoms with Crippen molar-refractivity contribution in [3.8, 4) is 17.2 Å². The molecule has 0 amide bonds. The van der Waals surface area contributed by atoms with Gasteiger partial charge in [-0.2, -0.15) is 16.7 Å². The first kappa shape index (κ1) is 13.6. The van der Waals surface area contributed by atoms with Gasteiger partial charge in [0.25, 0.3) is 5.89 Å². The number of thioether (sulfide) groups is 2. The predicted octanol–water partition coefficient (Wildman–Crippen LogP) is 2.93. The number of hydrogen-bond acceptors (Lipinski definition) is 7. The average Bonchev–Trinajstić information content (AvgIpc) is 2.92. The monoisotopic (exact) mass is 309 g/mol. The van der Waals surface area contributed by atoms with Crippen LogP contribution in [0.4, 0.5) is 5.69 Å². The van der Waals surface area contributed by atoms with Crippen molar-refractivity contribution < 1.29 is 9.63 Å². The van der Waals surface area contributed by atoms with Gasteiger partial charge >= 0.3 is 0 Å². The molecule has 5 nitrogen and oxygen atoms in total. The predicted molar refractivity (Wildman–Crippen MR) is 82.9 cm³/mol. The summed E-state index contributed by atoms with van der Waals surface area (Å²) in [4.78, 5) is 4.48. The number of phenolic OH excluding ortho intramolecular Hbond substituents is 1. The number of nitrogen functional groups attached to an aromatic ring is 1. The Kier molecular flexibility index (Phi) is 3.80. The third kappa shape index (κ3) is 2.60. The van der Waals surface area contributed by atoms with Crippen molar-refractivity contribution in [3.05, 3.63) is 24.0 Å². The molecule has 1 aromatic carbocycles. The minimum absolute atomic E-state index is 0.0568. The van der Waals surface area contributed by atoms with E-state index in [1.54, 1.807) is 12.1 Å². The molecule has 2 unspecified atom stereocenters. The van der Waals surface area contributed by atoms with Crippen molar-refractivity contribution in [2.24, 2.45) is 0 Å². The summed E-state index contributed by atoms with van der Waals surface area (Å²) in [5.41, 5.74) is 6.71. The number of nitrogens with zero attached hydrogens (tertiary/aromatic N) is 2. The Balaban J connectivity index is 1.87. The number of aromatic hydroxyl groups is 1. The first-order valence-electron chi connectivity index (χ1n) is 6.31. The maximum Gasteiger partial charge on any atom is 0.258 e. The number of benzene rings is 1. The van der Waals surface area contributed by atoms with Gasteiger partial charge in [0.15, 0.2) is 5.82 Å². The molecule has 1 fully saturated rings. The van der Waals surface area contributed by atoms with Crippen molar-refractivity contribution in [2.75, 3.05) is 17.2 Å². The van der Waals surface area contributed by atoms with Crippen LogP contribution in [-0.2, 0) is 0 Å². The summed E-state index contributed by atoms with van der Waals surface area (Å²) < 4.78 is 5.33. The molecule has 1 aliphatic heterocycles.